The molecule has 1 aliphatic rings. The maximum Gasteiger partial charge on any atom is 0.410 e. The molecule has 0 atom stereocenters. The van der Waals surface area contributed by atoms with E-state index in [1.807, 2.05) is 27.7 Å². The summed E-state index contributed by atoms with van der Waals surface area (Å²) in [6, 6.07) is 0. The summed E-state index contributed by atoms with van der Waals surface area (Å²) in [5, 5.41) is 0. The average Bonchev–Trinajstić information content (AvgIpc) is 2.18. The molecule has 4 nitrogen and oxygen atoms in total. The molecule has 0 spiro atoms. The number of rotatable bonds is 2. The standard InChI is InChI=1S/C13H21NO3/c1-10-9-14(7-5-11(10)6-8-15)12(16)17-13(2,3)4/h8H,5-7,9H2,1-4H3. The van der Waals surface area contributed by atoms with Crippen molar-refractivity contribution in [2.45, 2.75) is 46.1 Å². The van der Waals surface area contributed by atoms with Crippen LogP contribution in [-0.2, 0) is 9.53 Å². The molecule has 0 N–H and O–H groups in total. The Labute approximate surface area is 103 Å². The zero-order chi connectivity index (χ0) is 13.1. The largest absolute Gasteiger partial charge is 0.444 e. The number of carbonyl (C=O) groups is 2. The Bertz CT molecular complexity index is 339. The van der Waals surface area contributed by atoms with Crippen molar-refractivity contribution < 1.29 is 14.3 Å². The molecule has 17 heavy (non-hydrogen) atoms. The summed E-state index contributed by atoms with van der Waals surface area (Å²) in [6.45, 7) is 8.74. The van der Waals surface area contributed by atoms with Gasteiger partial charge in [-0.1, -0.05) is 11.1 Å². The first-order valence-corrected chi connectivity index (χ1v) is 5.92. The van der Waals surface area contributed by atoms with Crippen molar-refractivity contribution in [2.75, 3.05) is 13.1 Å². The smallest absolute Gasteiger partial charge is 0.410 e. The van der Waals surface area contributed by atoms with Gasteiger partial charge >= 0.3 is 6.09 Å². The summed E-state index contributed by atoms with van der Waals surface area (Å²) in [5.41, 5.74) is 1.80. The summed E-state index contributed by atoms with van der Waals surface area (Å²) in [4.78, 5) is 24.0. The van der Waals surface area contributed by atoms with E-state index in [0.29, 0.717) is 19.5 Å². The normalized spacial score (nSPS) is 17.1. The van der Waals surface area contributed by atoms with Crippen molar-refractivity contribution in [3.05, 3.63) is 11.1 Å². The van der Waals surface area contributed by atoms with Gasteiger partial charge in [0.25, 0.3) is 0 Å². The van der Waals surface area contributed by atoms with Crippen molar-refractivity contribution in [1.82, 2.24) is 4.90 Å². The van der Waals surface area contributed by atoms with Crippen LogP contribution in [0.15, 0.2) is 11.1 Å². The van der Waals surface area contributed by atoms with E-state index in [-0.39, 0.29) is 6.09 Å². The Morgan fingerprint density at radius 3 is 2.59 bits per heavy atom. The van der Waals surface area contributed by atoms with Crippen LogP contribution in [0.25, 0.3) is 0 Å². The molecule has 0 aliphatic carbocycles. The monoisotopic (exact) mass is 239 g/mol. The number of hydrogen-bond acceptors (Lipinski definition) is 3. The molecular formula is C13H21NO3. The van der Waals surface area contributed by atoms with Crippen LogP contribution in [0.5, 0.6) is 0 Å². The second-order valence-corrected chi connectivity index (χ2v) is 5.41. The number of carbonyl (C=O) groups excluding carboxylic acids is 2. The Morgan fingerprint density at radius 1 is 1.47 bits per heavy atom. The van der Waals surface area contributed by atoms with E-state index in [0.717, 1.165) is 23.9 Å². The first-order chi connectivity index (χ1) is 7.83. The Hall–Kier alpha value is -1.32. The minimum absolute atomic E-state index is 0.276. The number of nitrogens with zero attached hydrogens (tertiary/aromatic N) is 1. The third-order valence-corrected chi connectivity index (χ3v) is 2.70. The molecule has 4 heteroatoms. The highest BCUT2D eigenvalue weighted by atomic mass is 16.6. The van der Waals surface area contributed by atoms with E-state index >= 15 is 0 Å². The summed E-state index contributed by atoms with van der Waals surface area (Å²) in [5.74, 6) is 0. The zero-order valence-corrected chi connectivity index (χ0v) is 11.1. The molecule has 0 saturated carbocycles. The van der Waals surface area contributed by atoms with E-state index in [2.05, 4.69) is 0 Å². The molecule has 0 aromatic rings. The van der Waals surface area contributed by atoms with Gasteiger partial charge in [0.15, 0.2) is 0 Å². The highest BCUT2D eigenvalue weighted by Gasteiger charge is 2.25. The second kappa shape index (κ2) is 5.34. The van der Waals surface area contributed by atoms with E-state index in [1.54, 1.807) is 4.90 Å². The maximum absolute atomic E-state index is 11.8. The molecule has 1 heterocycles. The predicted molar refractivity (Wildman–Crippen MR) is 65.8 cm³/mol. The molecule has 96 valence electrons. The molecule has 0 radical (unpaired) electrons. The van der Waals surface area contributed by atoms with Gasteiger partial charge in [0.05, 0.1) is 0 Å². The fourth-order valence-electron chi connectivity index (χ4n) is 1.82. The molecule has 1 amide bonds. The Morgan fingerprint density at radius 2 is 2.12 bits per heavy atom. The Kier molecular flexibility index (Phi) is 4.32. The summed E-state index contributed by atoms with van der Waals surface area (Å²) in [7, 11) is 0. The van der Waals surface area contributed by atoms with Gasteiger partial charge in [0, 0.05) is 19.5 Å². The molecule has 0 aromatic carbocycles. The SMILES string of the molecule is CC1=C(CC=O)CCN(C(=O)OC(C)(C)C)C1. The van der Waals surface area contributed by atoms with E-state index in [4.69, 9.17) is 4.74 Å². The van der Waals surface area contributed by atoms with Gasteiger partial charge in [0.1, 0.15) is 11.9 Å². The minimum Gasteiger partial charge on any atom is -0.444 e. The number of aldehydes is 1. The Balaban J connectivity index is 2.61. The molecule has 0 unspecified atom stereocenters. The summed E-state index contributed by atoms with van der Waals surface area (Å²) in [6.07, 6.45) is 1.89. The lowest BCUT2D eigenvalue weighted by molar-refractivity contribution is -0.107. The number of ether oxygens (including phenoxy) is 1. The third kappa shape index (κ3) is 4.21. The van der Waals surface area contributed by atoms with Crippen LogP contribution in [0.1, 0.15) is 40.5 Å². The number of amides is 1. The van der Waals surface area contributed by atoms with Crippen molar-refractivity contribution in [2.24, 2.45) is 0 Å². The molecule has 0 saturated heterocycles. The lowest BCUT2D eigenvalue weighted by atomic mass is 9.99. The molecule has 0 bridgehead atoms. The lowest BCUT2D eigenvalue weighted by Crippen LogP contribution is -2.40. The van der Waals surface area contributed by atoms with Gasteiger partial charge in [-0.05, 0) is 34.1 Å². The molecule has 1 aliphatic heterocycles. The van der Waals surface area contributed by atoms with Crippen LogP contribution < -0.4 is 0 Å². The minimum atomic E-state index is -0.461. The zero-order valence-electron chi connectivity index (χ0n) is 11.1. The fraction of sp³-hybridized carbons (Fsp3) is 0.692. The fourth-order valence-corrected chi connectivity index (χ4v) is 1.82. The predicted octanol–water partition coefficient (Wildman–Crippen LogP) is 2.53. The van der Waals surface area contributed by atoms with Crippen molar-refractivity contribution >= 4 is 12.4 Å². The average molecular weight is 239 g/mol. The molecule has 1 rings (SSSR count). The van der Waals surface area contributed by atoms with Gasteiger partial charge < -0.3 is 14.4 Å². The molecule has 0 aromatic heterocycles. The van der Waals surface area contributed by atoms with Crippen LogP contribution in [0.2, 0.25) is 0 Å². The number of hydrogen-bond donors (Lipinski definition) is 0. The van der Waals surface area contributed by atoms with Gasteiger partial charge in [-0.25, -0.2) is 4.79 Å². The summed E-state index contributed by atoms with van der Waals surface area (Å²) >= 11 is 0. The van der Waals surface area contributed by atoms with Gasteiger partial charge in [-0.3, -0.25) is 0 Å². The van der Waals surface area contributed by atoms with Crippen LogP contribution in [0, 0.1) is 0 Å². The van der Waals surface area contributed by atoms with Gasteiger partial charge in [-0.15, -0.1) is 0 Å². The quantitative estimate of drug-likeness (QED) is 0.549. The first-order valence-electron chi connectivity index (χ1n) is 5.92. The van der Waals surface area contributed by atoms with Crippen LogP contribution >= 0.6 is 0 Å². The maximum atomic E-state index is 11.8. The van der Waals surface area contributed by atoms with Gasteiger partial charge in [0.2, 0.25) is 0 Å². The second-order valence-electron chi connectivity index (χ2n) is 5.41. The first kappa shape index (κ1) is 13.7. The van der Waals surface area contributed by atoms with Gasteiger partial charge in [-0.2, -0.15) is 0 Å². The lowest BCUT2D eigenvalue weighted by Gasteiger charge is -2.31. The molecular weight excluding hydrogens is 218 g/mol. The van der Waals surface area contributed by atoms with Crippen molar-refractivity contribution in [1.29, 1.82) is 0 Å². The highest BCUT2D eigenvalue weighted by molar-refractivity contribution is 5.69. The van der Waals surface area contributed by atoms with Crippen molar-refractivity contribution in [3.8, 4) is 0 Å². The summed E-state index contributed by atoms with van der Waals surface area (Å²) < 4.78 is 5.32. The topological polar surface area (TPSA) is 46.6 Å². The van der Waals surface area contributed by atoms with E-state index < -0.39 is 5.60 Å². The van der Waals surface area contributed by atoms with E-state index in [9.17, 15) is 9.59 Å². The van der Waals surface area contributed by atoms with Crippen LogP contribution in [0.3, 0.4) is 0 Å². The van der Waals surface area contributed by atoms with Crippen LogP contribution in [-0.4, -0.2) is 36.0 Å². The van der Waals surface area contributed by atoms with Crippen LogP contribution in [0.4, 0.5) is 4.79 Å². The van der Waals surface area contributed by atoms with E-state index in [1.165, 1.54) is 0 Å². The van der Waals surface area contributed by atoms with Crippen molar-refractivity contribution in [3.63, 3.8) is 0 Å². The molecule has 0 fully saturated rings. The highest BCUT2D eigenvalue weighted by Crippen LogP contribution is 2.21. The third-order valence-electron chi connectivity index (χ3n) is 2.70.